The van der Waals surface area contributed by atoms with E-state index in [1.807, 2.05) is 47.9 Å². The highest BCUT2D eigenvalue weighted by atomic mass is 32.2. The third-order valence-electron chi connectivity index (χ3n) is 3.79. The van der Waals surface area contributed by atoms with Gasteiger partial charge in [-0.15, -0.1) is 11.8 Å². The monoisotopic (exact) mass is 323 g/mol. The highest BCUT2D eigenvalue weighted by molar-refractivity contribution is 8.00. The normalized spacial score (nSPS) is 19.2. The molecule has 0 saturated carbocycles. The summed E-state index contributed by atoms with van der Waals surface area (Å²) in [6, 6.07) is 7.74. The van der Waals surface area contributed by atoms with Crippen LogP contribution in [-0.2, 0) is 16.1 Å². The first-order valence-electron chi connectivity index (χ1n) is 7.82. The highest BCUT2D eigenvalue weighted by Crippen LogP contribution is 2.28. The van der Waals surface area contributed by atoms with Gasteiger partial charge in [-0.2, -0.15) is 0 Å². The number of hydrogen-bond donors (Lipinski definition) is 0. The number of carbonyl (C=O) groups is 1. The summed E-state index contributed by atoms with van der Waals surface area (Å²) in [6.07, 6.45) is 1.74. The highest BCUT2D eigenvalue weighted by Gasteiger charge is 2.31. The van der Waals surface area contributed by atoms with Gasteiger partial charge in [-0.1, -0.05) is 25.5 Å². The summed E-state index contributed by atoms with van der Waals surface area (Å²) in [4.78, 5) is 14.5. The van der Waals surface area contributed by atoms with Crippen molar-refractivity contribution in [1.82, 2.24) is 4.90 Å². The minimum atomic E-state index is -0.413. The van der Waals surface area contributed by atoms with E-state index in [0.29, 0.717) is 12.0 Å². The van der Waals surface area contributed by atoms with Crippen molar-refractivity contribution in [3.63, 3.8) is 0 Å². The van der Waals surface area contributed by atoms with Crippen LogP contribution in [0.4, 0.5) is 0 Å². The number of nitrogens with zero attached hydrogens (tertiary/aromatic N) is 1. The molecule has 122 valence electrons. The molecule has 4 nitrogen and oxygen atoms in total. The largest absolute Gasteiger partial charge is 0.497 e. The molecule has 1 fully saturated rings. The van der Waals surface area contributed by atoms with Crippen LogP contribution >= 0.6 is 11.8 Å². The summed E-state index contributed by atoms with van der Waals surface area (Å²) < 4.78 is 11.0. The molecule has 1 aromatic rings. The maximum Gasteiger partial charge on any atom is 0.252 e. The number of carbonyl (C=O) groups excluding carboxylic acids is 1. The third kappa shape index (κ3) is 4.40. The maximum atomic E-state index is 12.5. The van der Waals surface area contributed by atoms with Gasteiger partial charge in [0.2, 0.25) is 0 Å². The Morgan fingerprint density at radius 2 is 2.32 bits per heavy atom. The van der Waals surface area contributed by atoms with Crippen molar-refractivity contribution in [2.75, 3.05) is 19.4 Å². The van der Waals surface area contributed by atoms with Crippen molar-refractivity contribution in [3.05, 3.63) is 29.8 Å². The van der Waals surface area contributed by atoms with Gasteiger partial charge in [-0.3, -0.25) is 4.79 Å². The number of methoxy groups -OCH3 is 1. The molecule has 0 radical (unpaired) electrons. The fourth-order valence-electron chi connectivity index (χ4n) is 2.55. The van der Waals surface area contributed by atoms with E-state index in [1.165, 1.54) is 0 Å². The summed E-state index contributed by atoms with van der Waals surface area (Å²) in [5.74, 6) is 1.93. The zero-order valence-corrected chi connectivity index (χ0v) is 14.4. The van der Waals surface area contributed by atoms with E-state index >= 15 is 0 Å². The van der Waals surface area contributed by atoms with Crippen LogP contribution < -0.4 is 4.74 Å². The predicted molar refractivity (Wildman–Crippen MR) is 90.1 cm³/mol. The van der Waals surface area contributed by atoms with E-state index in [0.717, 1.165) is 36.5 Å². The molecule has 1 saturated heterocycles. The summed E-state index contributed by atoms with van der Waals surface area (Å²) in [6.45, 7) is 5.25. The summed E-state index contributed by atoms with van der Waals surface area (Å²) in [5, 5.41) is 0.320. The van der Waals surface area contributed by atoms with Gasteiger partial charge in [0.05, 0.1) is 19.1 Å². The van der Waals surface area contributed by atoms with E-state index in [1.54, 1.807) is 7.11 Å². The number of hydrogen-bond acceptors (Lipinski definition) is 4. The average molecular weight is 323 g/mol. The van der Waals surface area contributed by atoms with Crippen molar-refractivity contribution in [2.24, 2.45) is 0 Å². The van der Waals surface area contributed by atoms with Gasteiger partial charge in [0.15, 0.2) is 0 Å². The Bertz CT molecular complexity index is 495. The standard InChI is InChI=1S/C17H25NO3S/c1-4-6-16-18(9-10-22-16)17(19)13(2)21-12-14-7-5-8-15(11-14)20-3/h5,7-8,11,13,16H,4,6,9-10,12H2,1-3H3/t13-,16+/m0/s1. The van der Waals surface area contributed by atoms with Crippen LogP contribution in [-0.4, -0.2) is 41.7 Å². The average Bonchev–Trinajstić information content (AvgIpc) is 3.00. The number of benzene rings is 1. The molecule has 5 heteroatoms. The number of ether oxygens (including phenoxy) is 2. The van der Waals surface area contributed by atoms with Crippen molar-refractivity contribution >= 4 is 17.7 Å². The topological polar surface area (TPSA) is 38.8 Å². The van der Waals surface area contributed by atoms with Crippen LogP contribution in [0.5, 0.6) is 5.75 Å². The minimum Gasteiger partial charge on any atom is -0.497 e. The van der Waals surface area contributed by atoms with E-state index < -0.39 is 6.10 Å². The molecule has 0 aromatic heterocycles. The van der Waals surface area contributed by atoms with Crippen molar-refractivity contribution < 1.29 is 14.3 Å². The fraction of sp³-hybridized carbons (Fsp3) is 0.588. The van der Waals surface area contributed by atoms with Crippen LogP contribution in [0.3, 0.4) is 0 Å². The van der Waals surface area contributed by atoms with Gasteiger partial charge in [0.25, 0.3) is 5.91 Å². The lowest BCUT2D eigenvalue weighted by Gasteiger charge is -2.26. The Kier molecular flexibility index (Phi) is 6.58. The second-order valence-corrected chi connectivity index (χ2v) is 6.74. The van der Waals surface area contributed by atoms with Gasteiger partial charge in [-0.25, -0.2) is 0 Å². The number of rotatable bonds is 7. The Labute approximate surface area is 137 Å². The van der Waals surface area contributed by atoms with Crippen LogP contribution in [0, 0.1) is 0 Å². The zero-order chi connectivity index (χ0) is 15.9. The molecule has 0 unspecified atom stereocenters. The van der Waals surface area contributed by atoms with Crippen molar-refractivity contribution in [3.8, 4) is 5.75 Å². The van der Waals surface area contributed by atoms with Gasteiger partial charge < -0.3 is 14.4 Å². The predicted octanol–water partition coefficient (Wildman–Crippen LogP) is 3.30. The molecular weight excluding hydrogens is 298 g/mol. The van der Waals surface area contributed by atoms with E-state index in [9.17, 15) is 4.79 Å². The Morgan fingerprint density at radius 1 is 1.50 bits per heavy atom. The molecule has 1 amide bonds. The first-order valence-corrected chi connectivity index (χ1v) is 8.87. The molecule has 1 heterocycles. The van der Waals surface area contributed by atoms with Gasteiger partial charge >= 0.3 is 0 Å². The van der Waals surface area contributed by atoms with Crippen molar-refractivity contribution in [2.45, 2.75) is 44.8 Å². The summed E-state index contributed by atoms with van der Waals surface area (Å²) >= 11 is 1.87. The molecular formula is C17H25NO3S. The molecule has 2 rings (SSSR count). The van der Waals surface area contributed by atoms with Crippen LogP contribution in [0.15, 0.2) is 24.3 Å². The summed E-state index contributed by atoms with van der Waals surface area (Å²) in [7, 11) is 1.64. The van der Waals surface area contributed by atoms with Crippen molar-refractivity contribution in [1.29, 1.82) is 0 Å². The first kappa shape index (κ1) is 17.2. The van der Waals surface area contributed by atoms with Gasteiger partial charge in [0, 0.05) is 12.3 Å². The van der Waals surface area contributed by atoms with Gasteiger partial charge in [0.1, 0.15) is 11.9 Å². The lowest BCUT2D eigenvalue weighted by atomic mass is 10.2. The molecule has 1 aliphatic heterocycles. The fourth-order valence-corrected chi connectivity index (χ4v) is 3.91. The molecule has 0 spiro atoms. The molecule has 0 N–H and O–H groups in total. The molecule has 1 aliphatic rings. The lowest BCUT2D eigenvalue weighted by Crippen LogP contribution is -2.41. The Balaban J connectivity index is 1.88. The van der Waals surface area contributed by atoms with Gasteiger partial charge in [-0.05, 0) is 31.0 Å². The van der Waals surface area contributed by atoms with Crippen LogP contribution in [0.2, 0.25) is 0 Å². The van der Waals surface area contributed by atoms with Crippen LogP contribution in [0.25, 0.3) is 0 Å². The molecule has 22 heavy (non-hydrogen) atoms. The zero-order valence-electron chi connectivity index (χ0n) is 13.6. The Hall–Kier alpha value is -1.20. The molecule has 2 atom stereocenters. The number of thioether (sulfide) groups is 1. The SMILES string of the molecule is CCC[C@H]1SCCN1C(=O)[C@H](C)OCc1cccc(OC)c1. The molecule has 1 aromatic carbocycles. The third-order valence-corrected chi connectivity index (χ3v) is 5.08. The molecule has 0 aliphatic carbocycles. The van der Waals surface area contributed by atoms with E-state index in [2.05, 4.69) is 6.92 Å². The van der Waals surface area contributed by atoms with Crippen LogP contribution in [0.1, 0.15) is 32.3 Å². The maximum absolute atomic E-state index is 12.5. The summed E-state index contributed by atoms with van der Waals surface area (Å²) in [5.41, 5.74) is 1.01. The minimum absolute atomic E-state index is 0.103. The molecule has 0 bridgehead atoms. The van der Waals surface area contributed by atoms with E-state index in [4.69, 9.17) is 9.47 Å². The second-order valence-electron chi connectivity index (χ2n) is 5.45. The Morgan fingerprint density at radius 3 is 3.05 bits per heavy atom. The second kappa shape index (κ2) is 8.44. The quantitative estimate of drug-likeness (QED) is 0.772. The smallest absolute Gasteiger partial charge is 0.252 e. The van der Waals surface area contributed by atoms with E-state index in [-0.39, 0.29) is 5.91 Å². The first-order chi connectivity index (χ1) is 10.7. The number of amides is 1. The lowest BCUT2D eigenvalue weighted by molar-refractivity contribution is -0.143.